The molecule has 2 unspecified atom stereocenters. The lowest BCUT2D eigenvalue weighted by Gasteiger charge is -2.33. The minimum Gasteiger partial charge on any atom is -0.391 e. The first-order chi connectivity index (χ1) is 30.8. The van der Waals surface area contributed by atoms with Gasteiger partial charge in [0.1, 0.15) is 12.1 Å². The molecular formula is C48H78N6O9P2. The third-order valence-electron chi connectivity index (χ3n) is 12.6. The lowest BCUT2D eigenvalue weighted by Crippen LogP contribution is -2.55. The summed E-state index contributed by atoms with van der Waals surface area (Å²) in [4.78, 5) is 65.2. The number of hydrogen-bond acceptors (Lipinski definition) is 10. The molecule has 364 valence electrons. The second-order valence-electron chi connectivity index (χ2n) is 19.3. The van der Waals surface area contributed by atoms with Gasteiger partial charge in [-0.15, -0.1) is 0 Å². The molecule has 2 aromatic rings. The topological polar surface area (TPSA) is 252 Å². The van der Waals surface area contributed by atoms with Crippen LogP contribution < -0.4 is 32.7 Å². The fourth-order valence-corrected chi connectivity index (χ4v) is 14.3. The highest BCUT2D eigenvalue weighted by Gasteiger charge is 2.38. The predicted molar refractivity (Wildman–Crippen MR) is 257 cm³/mol. The molecule has 0 radical (unpaired) electrons. The van der Waals surface area contributed by atoms with E-state index in [1.54, 1.807) is 27.7 Å². The maximum Gasteiger partial charge on any atom is 0.242 e. The lowest BCUT2D eigenvalue weighted by molar-refractivity contribution is -0.130. The minimum absolute atomic E-state index is 0.0241. The SMILES string of the molecule is CC(C)[C@H](NC(=O)[C@@H](N)Cc1ccccc1)C(=O)NC[C@H](CP(=O)(O)CC1CCCCC1)OP(=O)(CC1CCCCC1)C[C@H](O)CNC(=O)[C@H](NC(=O)[C@@H](N)Cc1ccccc1)C(C)C. The molecule has 8 atom stereocenters. The summed E-state index contributed by atoms with van der Waals surface area (Å²) in [6.07, 6.45) is 6.83. The van der Waals surface area contributed by atoms with Crippen molar-refractivity contribution in [3.05, 3.63) is 71.8 Å². The highest BCUT2D eigenvalue weighted by molar-refractivity contribution is 7.59. The van der Waals surface area contributed by atoms with Crippen LogP contribution in [-0.4, -0.2) is 108 Å². The first-order valence-corrected chi connectivity index (χ1v) is 27.9. The number of benzene rings is 2. The second kappa shape index (κ2) is 26.8. The summed E-state index contributed by atoms with van der Waals surface area (Å²) < 4.78 is 35.7. The van der Waals surface area contributed by atoms with Gasteiger partial charge < -0.3 is 47.3 Å². The Labute approximate surface area is 387 Å². The van der Waals surface area contributed by atoms with Gasteiger partial charge in [0.2, 0.25) is 38.4 Å². The molecule has 2 aliphatic rings. The Morgan fingerprint density at radius 1 is 0.631 bits per heavy atom. The van der Waals surface area contributed by atoms with E-state index < -0.39 is 74.7 Å². The van der Waals surface area contributed by atoms with Crippen molar-refractivity contribution in [2.45, 2.75) is 141 Å². The van der Waals surface area contributed by atoms with E-state index in [0.717, 1.165) is 75.3 Å². The van der Waals surface area contributed by atoms with Crippen LogP contribution in [0.5, 0.6) is 0 Å². The van der Waals surface area contributed by atoms with Crippen LogP contribution in [0.4, 0.5) is 0 Å². The maximum atomic E-state index is 15.2. The molecule has 0 bridgehead atoms. The standard InChI is InChI=1S/C48H78N6O9P2/c1-33(2)43(53-45(56)41(49)25-35-17-9-5-10-18-35)47(58)51-27-39(55)31-65(62,30-38-23-15-8-16-24-38)63-40(32-64(60,61)29-37-21-13-7-14-22-37)28-52-48(59)44(34(3)4)54-46(57)42(50)26-36-19-11-6-12-20-36/h5-6,9-12,17-20,33-34,37-44,55H,7-8,13-16,21-32,49-50H2,1-4H3,(H,51,58)(H,52,59)(H,53,56)(H,54,57)(H,60,61)/t39-,40-,41+,42+,43-,44+,65?/m1/s1. The van der Waals surface area contributed by atoms with Crippen LogP contribution in [0.15, 0.2) is 60.7 Å². The van der Waals surface area contributed by atoms with Crippen molar-refractivity contribution in [1.82, 2.24) is 21.3 Å². The monoisotopic (exact) mass is 945 g/mol. The smallest absolute Gasteiger partial charge is 0.242 e. The Morgan fingerprint density at radius 3 is 1.48 bits per heavy atom. The van der Waals surface area contributed by atoms with E-state index >= 15 is 4.57 Å². The third kappa shape index (κ3) is 19.4. The van der Waals surface area contributed by atoms with Gasteiger partial charge in [0.15, 0.2) is 0 Å². The van der Waals surface area contributed by atoms with Crippen LogP contribution in [0.25, 0.3) is 0 Å². The van der Waals surface area contributed by atoms with Crippen LogP contribution in [-0.2, 0) is 45.7 Å². The number of hydrogen-bond donors (Lipinski definition) is 8. The van der Waals surface area contributed by atoms with Crippen molar-refractivity contribution in [3.63, 3.8) is 0 Å². The highest BCUT2D eigenvalue weighted by Crippen LogP contribution is 2.54. The average Bonchev–Trinajstić information content (AvgIpc) is 3.26. The van der Waals surface area contributed by atoms with Gasteiger partial charge in [-0.25, -0.2) is 0 Å². The Balaban J connectivity index is 1.49. The van der Waals surface area contributed by atoms with E-state index in [4.69, 9.17) is 16.0 Å². The molecule has 17 heteroatoms. The fourth-order valence-electron chi connectivity index (χ4n) is 9.05. The number of nitrogens with one attached hydrogen (secondary N) is 4. The molecule has 2 fully saturated rings. The predicted octanol–water partition coefficient (Wildman–Crippen LogP) is 5.10. The number of carbonyl (C=O) groups excluding carboxylic acids is 4. The van der Waals surface area contributed by atoms with Crippen LogP contribution in [0, 0.1) is 23.7 Å². The van der Waals surface area contributed by atoms with Gasteiger partial charge in [0.05, 0.1) is 36.6 Å². The van der Waals surface area contributed by atoms with Gasteiger partial charge in [-0.3, -0.25) is 28.3 Å². The van der Waals surface area contributed by atoms with Gasteiger partial charge in [-0.05, 0) is 73.3 Å². The molecule has 2 aromatic carbocycles. The number of amides is 4. The second-order valence-corrected chi connectivity index (χ2v) is 24.3. The molecule has 4 amide bonds. The molecule has 10 N–H and O–H groups in total. The third-order valence-corrected chi connectivity index (χ3v) is 17.4. The van der Waals surface area contributed by atoms with E-state index in [9.17, 15) is 33.7 Å². The number of aliphatic hydroxyl groups excluding tert-OH is 1. The van der Waals surface area contributed by atoms with Crippen molar-refractivity contribution < 1.29 is 42.8 Å². The van der Waals surface area contributed by atoms with Crippen LogP contribution in [0.2, 0.25) is 0 Å². The minimum atomic E-state index is -3.88. The summed E-state index contributed by atoms with van der Waals surface area (Å²) >= 11 is 0. The van der Waals surface area contributed by atoms with Gasteiger partial charge in [-0.2, -0.15) is 0 Å². The lowest BCUT2D eigenvalue weighted by atomic mass is 9.91. The zero-order chi connectivity index (χ0) is 47.6. The molecule has 0 spiro atoms. The molecule has 15 nitrogen and oxygen atoms in total. The van der Waals surface area contributed by atoms with E-state index in [2.05, 4.69) is 21.3 Å². The van der Waals surface area contributed by atoms with E-state index in [0.29, 0.717) is 0 Å². The van der Waals surface area contributed by atoms with Gasteiger partial charge in [-0.1, -0.05) is 127 Å². The van der Waals surface area contributed by atoms with E-state index in [1.165, 1.54) is 0 Å². The molecular weight excluding hydrogens is 867 g/mol. The molecule has 2 saturated carbocycles. The van der Waals surface area contributed by atoms with Crippen molar-refractivity contribution in [2.75, 3.05) is 37.7 Å². The molecule has 0 saturated heterocycles. The molecule has 0 heterocycles. The Hall–Kier alpha value is -3.42. The average molecular weight is 945 g/mol. The van der Waals surface area contributed by atoms with Crippen molar-refractivity contribution in [2.24, 2.45) is 35.1 Å². The summed E-state index contributed by atoms with van der Waals surface area (Å²) in [6, 6.07) is 14.9. The summed E-state index contributed by atoms with van der Waals surface area (Å²) in [5.41, 5.74) is 14.2. The van der Waals surface area contributed by atoms with Gasteiger partial charge >= 0.3 is 0 Å². The van der Waals surface area contributed by atoms with Crippen LogP contribution in [0.3, 0.4) is 0 Å². The molecule has 65 heavy (non-hydrogen) atoms. The van der Waals surface area contributed by atoms with Crippen LogP contribution >= 0.6 is 14.7 Å². The number of carbonyl (C=O) groups is 4. The zero-order valence-electron chi connectivity index (χ0n) is 39.1. The zero-order valence-corrected chi connectivity index (χ0v) is 40.9. The normalized spacial score (nSPS) is 19.7. The molecule has 4 rings (SSSR count). The fraction of sp³-hybridized carbons (Fsp3) is 0.667. The Morgan fingerprint density at radius 2 is 1.05 bits per heavy atom. The van der Waals surface area contributed by atoms with Gasteiger partial charge in [0.25, 0.3) is 0 Å². The molecule has 2 aliphatic carbocycles. The van der Waals surface area contributed by atoms with Crippen molar-refractivity contribution in [1.29, 1.82) is 0 Å². The van der Waals surface area contributed by atoms with Crippen molar-refractivity contribution >= 4 is 38.4 Å². The maximum absolute atomic E-state index is 15.2. The van der Waals surface area contributed by atoms with E-state index in [-0.39, 0.29) is 74.3 Å². The number of rotatable bonds is 26. The van der Waals surface area contributed by atoms with Crippen LogP contribution in [0.1, 0.15) is 103 Å². The first-order valence-electron chi connectivity index (χ1n) is 23.8. The summed E-state index contributed by atoms with van der Waals surface area (Å²) in [5.74, 6) is -2.68. The summed E-state index contributed by atoms with van der Waals surface area (Å²) in [7, 11) is -7.71. The Kier molecular flexibility index (Phi) is 22.3. The number of nitrogens with two attached hydrogens (primary N) is 2. The molecule has 0 aliphatic heterocycles. The van der Waals surface area contributed by atoms with E-state index in [1.807, 2.05) is 60.7 Å². The number of aliphatic hydroxyl groups is 1. The summed E-state index contributed by atoms with van der Waals surface area (Å²) in [5, 5.41) is 22.5. The Bertz CT molecular complexity index is 1880. The largest absolute Gasteiger partial charge is 0.391 e. The highest BCUT2D eigenvalue weighted by atomic mass is 31.2. The summed E-state index contributed by atoms with van der Waals surface area (Å²) in [6.45, 7) is 6.55. The quantitative estimate of drug-likeness (QED) is 0.0577. The van der Waals surface area contributed by atoms with Gasteiger partial charge in [0, 0.05) is 25.4 Å². The van der Waals surface area contributed by atoms with Crippen molar-refractivity contribution in [3.8, 4) is 0 Å². The molecule has 0 aromatic heterocycles. The first kappa shape index (κ1) is 54.2.